The molecule has 3 amide bonds. The van der Waals surface area contributed by atoms with Crippen molar-refractivity contribution in [3.8, 4) is 28.7 Å². The number of methoxy groups -OCH3 is 3. The Bertz CT molecular complexity index is 3280. The van der Waals surface area contributed by atoms with E-state index in [9.17, 15) is 22.6 Å². The van der Waals surface area contributed by atoms with Crippen LogP contribution in [0.5, 0.6) is 28.7 Å². The summed E-state index contributed by atoms with van der Waals surface area (Å²) >= 11 is 0. The molecular weight excluding hydrogens is 1060 g/mol. The molecule has 22 heteroatoms. The summed E-state index contributed by atoms with van der Waals surface area (Å²) in [5.74, 6) is 1.34. The highest BCUT2D eigenvalue weighted by molar-refractivity contribution is 7.89. The second kappa shape index (κ2) is 27.8. The van der Waals surface area contributed by atoms with Gasteiger partial charge in [-0.1, -0.05) is 106 Å². The standard InChI is InChI=1S/C57H65N6O14PS/c1-57(2,3)41-32-47(54(71-7)51(33-41)79(67,68)58-4)63-56(65)62-46-22-23-48(45-21-15-14-20-44(45)46)77-43-24-25-59-52(36-43)61-42-34-49(69-5)53(50(35-42)70-6)55(64)60-26-27-72-28-29-73-30-31-74-78(66,75-37-39-16-10-8-11-17-39)76-38-40-18-12-9-13-19-40/h8-25,32-36,58H,26-31,37-38H2,1-7H3,(H,59,61)(H,60,64)(H2,62,63,65). The molecule has 1 aromatic heterocycles. The molecule has 0 bridgehead atoms. The number of carbonyl (C=O) groups is 2. The Hall–Kier alpha value is -7.59. The van der Waals surface area contributed by atoms with Gasteiger partial charge in [0.05, 0.1) is 79.0 Å². The Morgan fingerprint density at radius 3 is 1.84 bits per heavy atom. The van der Waals surface area contributed by atoms with Crippen molar-refractivity contribution in [2.75, 3.05) is 83.9 Å². The molecule has 1 heterocycles. The first-order chi connectivity index (χ1) is 38.0. The smallest absolute Gasteiger partial charge is 0.475 e. The molecule has 0 saturated heterocycles. The van der Waals surface area contributed by atoms with Gasteiger partial charge in [0.25, 0.3) is 5.91 Å². The summed E-state index contributed by atoms with van der Waals surface area (Å²) < 4.78 is 93.3. The molecule has 0 radical (unpaired) electrons. The lowest BCUT2D eigenvalue weighted by Gasteiger charge is -2.23. The zero-order valence-corrected chi connectivity index (χ0v) is 46.7. The fraction of sp³-hybridized carbons (Fsp3) is 0.281. The number of phosphoric ester groups is 1. The predicted octanol–water partition coefficient (Wildman–Crippen LogP) is 11.0. The van der Waals surface area contributed by atoms with Gasteiger partial charge in [-0.05, 0) is 59.5 Å². The number of rotatable bonds is 28. The number of sulfonamides is 1. The van der Waals surface area contributed by atoms with Gasteiger partial charge in [0, 0.05) is 47.4 Å². The summed E-state index contributed by atoms with van der Waals surface area (Å²) in [4.78, 5) is 31.5. The first-order valence-electron chi connectivity index (χ1n) is 25.0. The van der Waals surface area contributed by atoms with Crippen molar-refractivity contribution in [2.45, 2.75) is 44.3 Å². The number of urea groups is 1. The molecule has 0 fully saturated rings. The van der Waals surface area contributed by atoms with Crippen LogP contribution in [0.25, 0.3) is 10.8 Å². The summed E-state index contributed by atoms with van der Waals surface area (Å²) in [5.41, 5.74) is 3.16. The minimum absolute atomic E-state index is 0.0153. The highest BCUT2D eigenvalue weighted by atomic mass is 32.2. The lowest BCUT2D eigenvalue weighted by molar-refractivity contribution is 0.0260. The molecule has 418 valence electrons. The average Bonchev–Trinajstić information content (AvgIpc) is 3.45. The van der Waals surface area contributed by atoms with Gasteiger partial charge in [0.1, 0.15) is 39.3 Å². The predicted molar refractivity (Wildman–Crippen MR) is 302 cm³/mol. The first kappa shape index (κ1) is 59.1. The zero-order chi connectivity index (χ0) is 56.4. The summed E-state index contributed by atoms with van der Waals surface area (Å²) in [7, 11) is -2.35. The number of nitrogens with zero attached hydrogens (tertiary/aromatic N) is 1. The largest absolute Gasteiger partial charge is 0.496 e. The number of aromatic nitrogens is 1. The van der Waals surface area contributed by atoms with E-state index >= 15 is 0 Å². The number of benzene rings is 6. The Morgan fingerprint density at radius 2 is 1.23 bits per heavy atom. The van der Waals surface area contributed by atoms with E-state index in [0.717, 1.165) is 11.1 Å². The second-order valence-corrected chi connectivity index (χ2v) is 21.9. The van der Waals surface area contributed by atoms with E-state index in [1.54, 1.807) is 48.7 Å². The lowest BCUT2D eigenvalue weighted by Crippen LogP contribution is -2.28. The van der Waals surface area contributed by atoms with Crippen LogP contribution in [0.4, 0.5) is 27.7 Å². The normalized spacial score (nSPS) is 11.7. The van der Waals surface area contributed by atoms with Crippen LogP contribution in [0.1, 0.15) is 47.8 Å². The van der Waals surface area contributed by atoms with Crippen LogP contribution in [-0.4, -0.2) is 93.3 Å². The van der Waals surface area contributed by atoms with Crippen LogP contribution in [0.15, 0.2) is 145 Å². The maximum Gasteiger partial charge on any atom is 0.475 e. The molecule has 0 spiro atoms. The molecule has 0 aliphatic heterocycles. The molecule has 7 aromatic rings. The molecule has 6 aromatic carbocycles. The summed E-state index contributed by atoms with van der Waals surface area (Å²) in [6, 6.07) is 38.7. The SMILES string of the molecule is CNS(=O)(=O)c1cc(C(C)(C)C)cc(NC(=O)Nc2ccc(Oc3ccnc(Nc4cc(OC)c(C(=O)NCCOCCOCCOP(=O)(OCc5ccccc5)OCc5ccccc5)c(OC)c4)c3)c3ccccc23)c1OC. The van der Waals surface area contributed by atoms with E-state index in [4.69, 9.17) is 42.0 Å². The lowest BCUT2D eigenvalue weighted by atomic mass is 9.86. The third kappa shape index (κ3) is 16.5. The van der Waals surface area contributed by atoms with Crippen molar-refractivity contribution in [3.05, 3.63) is 162 Å². The van der Waals surface area contributed by atoms with Gasteiger partial charge >= 0.3 is 13.9 Å². The number of pyridine rings is 1. The summed E-state index contributed by atoms with van der Waals surface area (Å²) in [5, 5.41) is 13.1. The highest BCUT2D eigenvalue weighted by Crippen LogP contribution is 2.51. The van der Waals surface area contributed by atoms with Gasteiger partial charge in [0.2, 0.25) is 10.0 Å². The number of hydrogen-bond donors (Lipinski definition) is 5. The molecule has 20 nitrogen and oxygen atoms in total. The van der Waals surface area contributed by atoms with Crippen molar-refractivity contribution in [3.63, 3.8) is 0 Å². The number of fused-ring (bicyclic) bond motifs is 1. The number of hydrogen-bond acceptors (Lipinski definition) is 16. The number of carbonyl (C=O) groups excluding carboxylic acids is 2. The van der Waals surface area contributed by atoms with Crippen molar-refractivity contribution >= 4 is 63.4 Å². The number of phosphoric acid groups is 1. The molecule has 0 unspecified atom stereocenters. The number of anilines is 4. The van der Waals surface area contributed by atoms with Crippen molar-refractivity contribution in [2.24, 2.45) is 0 Å². The van der Waals surface area contributed by atoms with Crippen molar-refractivity contribution < 1.29 is 64.6 Å². The van der Waals surface area contributed by atoms with Crippen LogP contribution in [0.3, 0.4) is 0 Å². The quantitative estimate of drug-likeness (QED) is 0.0226. The van der Waals surface area contributed by atoms with E-state index in [0.29, 0.717) is 45.0 Å². The van der Waals surface area contributed by atoms with Crippen LogP contribution in [0, 0.1) is 0 Å². The Labute approximate surface area is 460 Å². The number of amides is 3. The zero-order valence-electron chi connectivity index (χ0n) is 45.0. The van der Waals surface area contributed by atoms with Gasteiger partial charge in [-0.25, -0.2) is 27.5 Å². The van der Waals surface area contributed by atoms with Crippen LogP contribution in [-0.2, 0) is 56.3 Å². The van der Waals surface area contributed by atoms with Crippen LogP contribution >= 0.6 is 7.82 Å². The van der Waals surface area contributed by atoms with Crippen molar-refractivity contribution in [1.29, 1.82) is 0 Å². The molecule has 7 rings (SSSR count). The Morgan fingerprint density at radius 1 is 0.633 bits per heavy atom. The summed E-state index contributed by atoms with van der Waals surface area (Å²) in [6.07, 6.45) is 1.57. The van der Waals surface area contributed by atoms with Gasteiger partial charge < -0.3 is 49.7 Å². The molecular formula is C57H65N6O14PS. The van der Waals surface area contributed by atoms with Crippen LogP contribution < -0.4 is 44.9 Å². The molecule has 0 saturated carbocycles. The monoisotopic (exact) mass is 1120 g/mol. The van der Waals surface area contributed by atoms with Gasteiger partial charge in [-0.3, -0.25) is 18.4 Å². The number of ether oxygens (including phenoxy) is 6. The molecule has 79 heavy (non-hydrogen) atoms. The van der Waals surface area contributed by atoms with E-state index in [1.807, 2.05) is 106 Å². The van der Waals surface area contributed by atoms with E-state index in [-0.39, 0.29) is 86.2 Å². The Balaban J connectivity index is 0.904. The fourth-order valence-electron chi connectivity index (χ4n) is 7.84. The van der Waals surface area contributed by atoms with Gasteiger partial charge in [0.15, 0.2) is 5.75 Å². The third-order valence-corrected chi connectivity index (χ3v) is 14.7. The van der Waals surface area contributed by atoms with Crippen LogP contribution in [0.2, 0.25) is 0 Å². The fourth-order valence-corrected chi connectivity index (χ4v) is 9.92. The van der Waals surface area contributed by atoms with Gasteiger partial charge in [-0.2, -0.15) is 0 Å². The van der Waals surface area contributed by atoms with Gasteiger partial charge in [-0.15, -0.1) is 0 Å². The minimum Gasteiger partial charge on any atom is -0.496 e. The third-order valence-electron chi connectivity index (χ3n) is 11.9. The maximum absolute atomic E-state index is 13.6. The topological polar surface area (TPSA) is 241 Å². The minimum atomic E-state index is -3.96. The summed E-state index contributed by atoms with van der Waals surface area (Å²) in [6.45, 7) is 6.74. The maximum atomic E-state index is 13.6. The molecule has 0 atom stereocenters. The van der Waals surface area contributed by atoms with Crippen molar-refractivity contribution in [1.82, 2.24) is 15.0 Å². The second-order valence-electron chi connectivity index (χ2n) is 18.4. The van der Waals surface area contributed by atoms with E-state index < -0.39 is 35.2 Å². The Kier molecular flexibility index (Phi) is 20.8. The highest BCUT2D eigenvalue weighted by Gasteiger charge is 2.29. The van der Waals surface area contributed by atoms with E-state index in [1.165, 1.54) is 34.4 Å². The molecule has 0 aliphatic rings. The van der Waals surface area contributed by atoms with E-state index in [2.05, 4.69) is 31.0 Å². The number of nitrogens with one attached hydrogen (secondary N) is 5. The average molecular weight is 1120 g/mol. The molecule has 5 N–H and O–H groups in total. The first-order valence-corrected chi connectivity index (χ1v) is 28.0. The molecule has 0 aliphatic carbocycles.